The molecule has 0 radical (unpaired) electrons. The highest BCUT2D eigenvalue weighted by Gasteiger charge is 2.46. The van der Waals surface area contributed by atoms with E-state index in [0.29, 0.717) is 11.4 Å². The van der Waals surface area contributed by atoms with Crippen LogP contribution in [0.25, 0.3) is 0 Å². The van der Waals surface area contributed by atoms with Crippen molar-refractivity contribution in [2.24, 2.45) is 5.10 Å². The van der Waals surface area contributed by atoms with Crippen molar-refractivity contribution >= 4 is 18.2 Å². The van der Waals surface area contributed by atoms with E-state index in [4.69, 9.17) is 0 Å². The molecular formula is C13H15N3O4. The molecule has 1 unspecified atom stereocenters. The smallest absolute Gasteiger partial charge is 0.346 e. The van der Waals surface area contributed by atoms with Crippen LogP contribution in [-0.2, 0) is 4.79 Å². The van der Waals surface area contributed by atoms with Crippen molar-refractivity contribution in [3.8, 4) is 11.5 Å². The Labute approximate surface area is 115 Å². The monoisotopic (exact) mass is 277 g/mol. The molecule has 3 N–H and O–H groups in total. The van der Waals surface area contributed by atoms with Crippen LogP contribution in [0.4, 0.5) is 4.79 Å². The number of phenolic OH excluding ortho intramolecular Hbond substituents is 2. The lowest BCUT2D eigenvalue weighted by Gasteiger charge is -2.17. The van der Waals surface area contributed by atoms with E-state index in [0.717, 1.165) is 6.21 Å². The van der Waals surface area contributed by atoms with Gasteiger partial charge in [-0.3, -0.25) is 4.79 Å². The molecule has 1 aliphatic heterocycles. The van der Waals surface area contributed by atoms with E-state index in [1.54, 1.807) is 13.8 Å². The van der Waals surface area contributed by atoms with Gasteiger partial charge in [0.15, 0.2) is 11.5 Å². The van der Waals surface area contributed by atoms with Crippen molar-refractivity contribution in [2.75, 3.05) is 0 Å². The number of nitrogens with one attached hydrogen (secondary N) is 1. The average Bonchev–Trinajstić information content (AvgIpc) is 2.63. The van der Waals surface area contributed by atoms with Crippen LogP contribution in [0.1, 0.15) is 25.8 Å². The Morgan fingerprint density at radius 2 is 2.10 bits per heavy atom. The predicted octanol–water partition coefficient (Wildman–Crippen LogP) is 1.15. The van der Waals surface area contributed by atoms with Crippen molar-refractivity contribution in [1.82, 2.24) is 10.3 Å². The molecule has 0 saturated carbocycles. The first-order chi connectivity index (χ1) is 9.39. The number of imide groups is 1. The molecule has 3 amide bonds. The topological polar surface area (TPSA) is 102 Å². The summed E-state index contributed by atoms with van der Waals surface area (Å²) in [6.07, 6.45) is 1.59. The van der Waals surface area contributed by atoms with Crippen LogP contribution < -0.4 is 5.32 Å². The number of hydrazone groups is 1. The van der Waals surface area contributed by atoms with Crippen molar-refractivity contribution in [3.63, 3.8) is 0 Å². The maximum absolute atomic E-state index is 12.1. The lowest BCUT2D eigenvalue weighted by molar-refractivity contribution is -0.130. The molecule has 1 aromatic carbocycles. The summed E-state index contributed by atoms with van der Waals surface area (Å²) in [6.45, 7) is 3.40. The molecule has 1 saturated heterocycles. The summed E-state index contributed by atoms with van der Waals surface area (Å²) >= 11 is 0. The molecule has 0 aromatic heterocycles. The van der Waals surface area contributed by atoms with Gasteiger partial charge in [-0.15, -0.1) is 5.01 Å². The summed E-state index contributed by atoms with van der Waals surface area (Å²) in [4.78, 5) is 23.8. The van der Waals surface area contributed by atoms with Crippen molar-refractivity contribution in [3.05, 3.63) is 23.8 Å². The van der Waals surface area contributed by atoms with Crippen molar-refractivity contribution in [1.29, 1.82) is 0 Å². The second-order valence-corrected chi connectivity index (χ2v) is 4.69. The summed E-state index contributed by atoms with van der Waals surface area (Å²) in [7, 11) is 0. The second kappa shape index (κ2) is 4.84. The Hall–Kier alpha value is -2.57. The Morgan fingerprint density at radius 1 is 1.40 bits per heavy atom. The van der Waals surface area contributed by atoms with E-state index in [2.05, 4.69) is 10.4 Å². The summed E-state index contributed by atoms with van der Waals surface area (Å²) in [5, 5.41) is 26.0. The molecular weight excluding hydrogens is 262 g/mol. The number of benzene rings is 1. The zero-order valence-corrected chi connectivity index (χ0v) is 11.1. The van der Waals surface area contributed by atoms with E-state index < -0.39 is 17.5 Å². The van der Waals surface area contributed by atoms with Gasteiger partial charge in [0.25, 0.3) is 5.91 Å². The highest BCUT2D eigenvalue weighted by Crippen LogP contribution is 2.27. The van der Waals surface area contributed by atoms with E-state index in [9.17, 15) is 19.8 Å². The van der Waals surface area contributed by atoms with E-state index in [1.807, 2.05) is 0 Å². The molecule has 20 heavy (non-hydrogen) atoms. The SMILES string of the molecule is CCC1(C)NC(=O)N(N=Cc2cccc(O)c2O)C1=O. The molecule has 0 bridgehead atoms. The zero-order valence-electron chi connectivity index (χ0n) is 11.1. The van der Waals surface area contributed by atoms with Gasteiger partial charge in [0, 0.05) is 5.56 Å². The van der Waals surface area contributed by atoms with Gasteiger partial charge in [-0.25, -0.2) is 4.79 Å². The summed E-state index contributed by atoms with van der Waals surface area (Å²) in [5.74, 6) is -1.12. The molecule has 1 atom stereocenters. The molecule has 0 aliphatic carbocycles. The maximum Gasteiger partial charge on any atom is 0.346 e. The largest absolute Gasteiger partial charge is 0.504 e. The highest BCUT2D eigenvalue weighted by atomic mass is 16.3. The molecule has 0 spiro atoms. The van der Waals surface area contributed by atoms with Crippen LogP contribution in [0.5, 0.6) is 11.5 Å². The van der Waals surface area contributed by atoms with Gasteiger partial charge in [-0.1, -0.05) is 13.0 Å². The number of para-hydroxylation sites is 1. The van der Waals surface area contributed by atoms with Gasteiger partial charge in [0.05, 0.1) is 6.21 Å². The second-order valence-electron chi connectivity index (χ2n) is 4.69. The first-order valence-electron chi connectivity index (χ1n) is 6.10. The fourth-order valence-electron chi connectivity index (χ4n) is 1.79. The van der Waals surface area contributed by atoms with Gasteiger partial charge in [0.1, 0.15) is 5.54 Å². The summed E-state index contributed by atoms with van der Waals surface area (Å²) in [6, 6.07) is 3.71. The van der Waals surface area contributed by atoms with Gasteiger partial charge >= 0.3 is 6.03 Å². The maximum atomic E-state index is 12.1. The molecule has 1 aromatic rings. The first-order valence-corrected chi connectivity index (χ1v) is 6.10. The minimum Gasteiger partial charge on any atom is -0.504 e. The molecule has 1 fully saturated rings. The van der Waals surface area contributed by atoms with E-state index >= 15 is 0 Å². The van der Waals surface area contributed by atoms with Crippen LogP contribution in [0.15, 0.2) is 23.3 Å². The van der Waals surface area contributed by atoms with Gasteiger partial charge in [-0.05, 0) is 25.5 Å². The molecule has 7 nitrogen and oxygen atoms in total. The van der Waals surface area contributed by atoms with Crippen molar-refractivity contribution in [2.45, 2.75) is 25.8 Å². The molecule has 1 heterocycles. The summed E-state index contributed by atoms with van der Waals surface area (Å²) in [5.41, 5.74) is -0.759. The third kappa shape index (κ3) is 2.18. The number of carbonyl (C=O) groups excluding carboxylic acids is 2. The van der Waals surface area contributed by atoms with Gasteiger partial charge in [-0.2, -0.15) is 5.10 Å². The number of hydrogen-bond donors (Lipinski definition) is 3. The number of nitrogens with zero attached hydrogens (tertiary/aromatic N) is 2. The third-order valence-corrected chi connectivity index (χ3v) is 3.30. The quantitative estimate of drug-likeness (QED) is 0.438. The predicted molar refractivity (Wildman–Crippen MR) is 71.4 cm³/mol. The number of phenols is 2. The number of amides is 3. The third-order valence-electron chi connectivity index (χ3n) is 3.30. The van der Waals surface area contributed by atoms with Gasteiger partial charge in [0.2, 0.25) is 0 Å². The zero-order chi connectivity index (χ0) is 14.9. The number of aromatic hydroxyl groups is 2. The summed E-state index contributed by atoms with van der Waals surface area (Å²) < 4.78 is 0. The highest BCUT2D eigenvalue weighted by molar-refractivity contribution is 6.07. The van der Waals surface area contributed by atoms with E-state index in [-0.39, 0.29) is 17.1 Å². The number of hydrogen-bond acceptors (Lipinski definition) is 5. The number of urea groups is 1. The molecule has 2 rings (SSSR count). The molecule has 106 valence electrons. The van der Waals surface area contributed by atoms with Crippen molar-refractivity contribution < 1.29 is 19.8 Å². The van der Waals surface area contributed by atoms with Crippen LogP contribution in [-0.4, -0.2) is 38.9 Å². The number of rotatable bonds is 3. The average molecular weight is 277 g/mol. The fraction of sp³-hybridized carbons (Fsp3) is 0.308. The minimum absolute atomic E-state index is 0.204. The molecule has 7 heteroatoms. The lowest BCUT2D eigenvalue weighted by atomic mass is 10.00. The Morgan fingerprint density at radius 3 is 2.70 bits per heavy atom. The van der Waals surface area contributed by atoms with Crippen LogP contribution in [0.2, 0.25) is 0 Å². The van der Waals surface area contributed by atoms with Gasteiger partial charge < -0.3 is 15.5 Å². The Balaban J connectivity index is 2.26. The first kappa shape index (κ1) is 13.9. The number of carbonyl (C=O) groups is 2. The Bertz CT molecular complexity index is 599. The van der Waals surface area contributed by atoms with Crippen LogP contribution >= 0.6 is 0 Å². The van der Waals surface area contributed by atoms with E-state index in [1.165, 1.54) is 18.2 Å². The standard InChI is InChI=1S/C13H15N3O4/c1-3-13(2)11(19)16(12(20)15-13)14-7-8-5-4-6-9(17)10(8)18/h4-7,17-18H,3H2,1-2H3,(H,15,20). The minimum atomic E-state index is -0.963. The normalized spacial score (nSPS) is 22.6. The lowest BCUT2D eigenvalue weighted by Crippen LogP contribution is -2.42. The van der Waals surface area contributed by atoms with Crippen LogP contribution in [0, 0.1) is 0 Å². The fourth-order valence-corrected chi connectivity index (χ4v) is 1.79. The van der Waals surface area contributed by atoms with Crippen LogP contribution in [0.3, 0.4) is 0 Å². The molecule has 1 aliphatic rings. The Kier molecular flexibility index (Phi) is 3.35.